The number of carbonyl (C=O) groups is 1. The van der Waals surface area contributed by atoms with Gasteiger partial charge in [0.2, 0.25) is 5.95 Å². The van der Waals surface area contributed by atoms with Crippen LogP contribution in [0.2, 0.25) is 0 Å². The number of carbonyl (C=O) groups excluding carboxylic acids is 1. The van der Waals surface area contributed by atoms with E-state index in [-0.39, 0.29) is 16.9 Å². The lowest BCUT2D eigenvalue weighted by molar-refractivity contribution is 0.0383. The highest BCUT2D eigenvalue weighted by Gasteiger charge is 2.42. The molecule has 0 radical (unpaired) electrons. The molecule has 0 unspecified atom stereocenters. The molecule has 0 bridgehead atoms. The van der Waals surface area contributed by atoms with Gasteiger partial charge in [0, 0.05) is 68.0 Å². The Balaban J connectivity index is 1.12. The van der Waals surface area contributed by atoms with Gasteiger partial charge in [-0.1, -0.05) is 0 Å². The number of hydrogen-bond donors (Lipinski definition) is 3. The van der Waals surface area contributed by atoms with Crippen LogP contribution in [-0.4, -0.2) is 79.8 Å². The highest BCUT2D eigenvalue weighted by atomic mass is 16.5. The Hall–Kier alpha value is -2.91. The standard InChI is InChI=1S/C27H36N6O3/c34-24(28-9-12-32-13-15-36-16-14-32)19-5-6-23-21(17-19)27(18-29-23)7-10-33(11-8-27)26-30-22-4-2-1-3-20(22)25(35)31-26/h5-6,17,29H,1-4,7-16,18H2,(H,28,34)(H,30,31,35). The molecule has 36 heavy (non-hydrogen) atoms. The molecule has 1 aliphatic carbocycles. The van der Waals surface area contributed by atoms with Crippen LogP contribution in [0.4, 0.5) is 11.6 Å². The molecule has 1 amide bonds. The van der Waals surface area contributed by atoms with E-state index in [2.05, 4.69) is 37.6 Å². The number of rotatable bonds is 5. The smallest absolute Gasteiger partial charge is 0.255 e. The molecule has 3 N–H and O–H groups in total. The zero-order chi connectivity index (χ0) is 24.5. The van der Waals surface area contributed by atoms with E-state index < -0.39 is 0 Å². The van der Waals surface area contributed by atoms with Gasteiger partial charge in [-0.3, -0.25) is 19.5 Å². The van der Waals surface area contributed by atoms with Gasteiger partial charge in [-0.15, -0.1) is 0 Å². The Morgan fingerprint density at radius 2 is 1.92 bits per heavy atom. The molecule has 192 valence electrons. The minimum atomic E-state index is -0.0126. The molecule has 4 aliphatic rings. The maximum Gasteiger partial charge on any atom is 0.255 e. The number of piperidine rings is 1. The quantitative estimate of drug-likeness (QED) is 0.584. The van der Waals surface area contributed by atoms with Crippen LogP contribution < -0.4 is 21.1 Å². The van der Waals surface area contributed by atoms with Gasteiger partial charge in [-0.25, -0.2) is 4.98 Å². The summed E-state index contributed by atoms with van der Waals surface area (Å²) in [7, 11) is 0. The van der Waals surface area contributed by atoms with Gasteiger partial charge in [0.1, 0.15) is 0 Å². The van der Waals surface area contributed by atoms with Crippen LogP contribution >= 0.6 is 0 Å². The second-order valence-corrected chi connectivity index (χ2v) is 10.6. The SMILES string of the molecule is O=C(NCCN1CCOCC1)c1ccc2c(c1)C1(CCN(c3nc4c(c(=O)[nH]3)CCCC4)CC1)CN2. The van der Waals surface area contributed by atoms with Gasteiger partial charge >= 0.3 is 0 Å². The average Bonchev–Trinajstić information content (AvgIpc) is 3.26. The Morgan fingerprint density at radius 3 is 2.75 bits per heavy atom. The fraction of sp³-hybridized carbons (Fsp3) is 0.593. The van der Waals surface area contributed by atoms with Crippen molar-refractivity contribution < 1.29 is 9.53 Å². The number of fused-ring (bicyclic) bond motifs is 3. The highest BCUT2D eigenvalue weighted by molar-refractivity contribution is 5.95. The molecule has 9 nitrogen and oxygen atoms in total. The zero-order valence-electron chi connectivity index (χ0n) is 20.9. The first-order valence-corrected chi connectivity index (χ1v) is 13.5. The average molecular weight is 493 g/mol. The third kappa shape index (κ3) is 4.50. The summed E-state index contributed by atoms with van der Waals surface area (Å²) in [4.78, 5) is 38.0. The summed E-state index contributed by atoms with van der Waals surface area (Å²) < 4.78 is 5.40. The summed E-state index contributed by atoms with van der Waals surface area (Å²) in [5, 5.41) is 6.67. The lowest BCUT2D eigenvalue weighted by Gasteiger charge is -2.39. The van der Waals surface area contributed by atoms with E-state index >= 15 is 0 Å². The van der Waals surface area contributed by atoms with Gasteiger partial charge < -0.3 is 20.3 Å². The molecule has 1 aromatic heterocycles. The number of nitrogens with zero attached hydrogens (tertiary/aromatic N) is 3. The number of nitrogens with one attached hydrogen (secondary N) is 3. The third-order valence-electron chi connectivity index (χ3n) is 8.49. The number of H-pyrrole nitrogens is 1. The van der Waals surface area contributed by atoms with Crippen molar-refractivity contribution in [2.45, 2.75) is 43.9 Å². The molecule has 4 heterocycles. The van der Waals surface area contributed by atoms with Crippen molar-refractivity contribution in [1.82, 2.24) is 20.2 Å². The Bertz CT molecular complexity index is 1180. The molecule has 9 heteroatoms. The number of ether oxygens (including phenoxy) is 1. The van der Waals surface area contributed by atoms with Crippen LogP contribution in [0.25, 0.3) is 0 Å². The fourth-order valence-corrected chi connectivity index (χ4v) is 6.23. The van der Waals surface area contributed by atoms with Gasteiger partial charge in [0.25, 0.3) is 11.5 Å². The fourth-order valence-electron chi connectivity index (χ4n) is 6.23. The molecule has 1 aromatic carbocycles. The lowest BCUT2D eigenvalue weighted by atomic mass is 9.74. The number of benzene rings is 1. The number of morpholine rings is 1. The summed E-state index contributed by atoms with van der Waals surface area (Å²) >= 11 is 0. The Labute approximate surface area is 211 Å². The molecular formula is C27H36N6O3. The summed E-state index contributed by atoms with van der Waals surface area (Å²) in [6.07, 6.45) is 5.83. The largest absolute Gasteiger partial charge is 0.384 e. The molecule has 0 atom stereocenters. The van der Waals surface area contributed by atoms with Crippen molar-refractivity contribution >= 4 is 17.5 Å². The van der Waals surface area contributed by atoms with Crippen molar-refractivity contribution in [3.63, 3.8) is 0 Å². The molecule has 3 aliphatic heterocycles. The molecule has 2 fully saturated rings. The zero-order valence-corrected chi connectivity index (χ0v) is 20.9. The van der Waals surface area contributed by atoms with Crippen LogP contribution in [0.1, 0.15) is 52.9 Å². The van der Waals surface area contributed by atoms with Gasteiger partial charge in [0.05, 0.1) is 18.9 Å². The normalized spacial score (nSPS) is 21.1. The van der Waals surface area contributed by atoms with Gasteiger partial charge in [-0.05, 0) is 62.3 Å². The van der Waals surface area contributed by atoms with Crippen molar-refractivity contribution in [2.24, 2.45) is 0 Å². The topological polar surface area (TPSA) is 103 Å². The first-order chi connectivity index (χ1) is 17.6. The maximum absolute atomic E-state index is 12.9. The monoisotopic (exact) mass is 492 g/mol. The summed E-state index contributed by atoms with van der Waals surface area (Å²) in [5.41, 5.74) is 5.00. The maximum atomic E-state index is 12.9. The minimum absolute atomic E-state index is 0.00439. The van der Waals surface area contributed by atoms with E-state index in [9.17, 15) is 9.59 Å². The molecule has 2 saturated heterocycles. The van der Waals surface area contributed by atoms with Crippen molar-refractivity contribution in [3.8, 4) is 0 Å². The predicted octanol–water partition coefficient (Wildman–Crippen LogP) is 1.67. The van der Waals surface area contributed by atoms with Gasteiger partial charge in [-0.2, -0.15) is 0 Å². The summed E-state index contributed by atoms with van der Waals surface area (Å²) in [6, 6.07) is 6.07. The Kier molecular flexibility index (Phi) is 6.43. The number of aromatic nitrogens is 2. The predicted molar refractivity (Wildman–Crippen MR) is 139 cm³/mol. The molecule has 1 spiro atoms. The van der Waals surface area contributed by atoms with E-state index in [0.717, 1.165) is 119 Å². The Morgan fingerprint density at radius 1 is 1.11 bits per heavy atom. The van der Waals surface area contributed by atoms with E-state index in [1.54, 1.807) is 0 Å². The second-order valence-electron chi connectivity index (χ2n) is 10.6. The number of amides is 1. The van der Waals surface area contributed by atoms with E-state index in [0.29, 0.717) is 6.54 Å². The van der Waals surface area contributed by atoms with E-state index in [1.165, 1.54) is 5.56 Å². The van der Waals surface area contributed by atoms with Crippen LogP contribution in [-0.2, 0) is 23.0 Å². The summed E-state index contributed by atoms with van der Waals surface area (Å²) in [5.74, 6) is 0.705. The van der Waals surface area contributed by atoms with Crippen LogP contribution in [0.3, 0.4) is 0 Å². The highest BCUT2D eigenvalue weighted by Crippen LogP contribution is 2.44. The van der Waals surface area contributed by atoms with Crippen molar-refractivity contribution in [2.75, 3.05) is 69.2 Å². The molecular weight excluding hydrogens is 456 g/mol. The van der Waals surface area contributed by atoms with Crippen molar-refractivity contribution in [3.05, 3.63) is 50.9 Å². The summed E-state index contributed by atoms with van der Waals surface area (Å²) in [6.45, 7) is 7.42. The first-order valence-electron chi connectivity index (χ1n) is 13.5. The first kappa shape index (κ1) is 23.5. The third-order valence-corrected chi connectivity index (χ3v) is 8.49. The van der Waals surface area contributed by atoms with Crippen molar-refractivity contribution in [1.29, 1.82) is 0 Å². The van der Waals surface area contributed by atoms with Crippen LogP contribution in [0.15, 0.2) is 23.0 Å². The molecule has 6 rings (SSSR count). The number of hydrogen-bond acceptors (Lipinski definition) is 7. The van der Waals surface area contributed by atoms with Gasteiger partial charge in [0.15, 0.2) is 0 Å². The number of anilines is 2. The second kappa shape index (κ2) is 9.86. The molecule has 2 aromatic rings. The minimum Gasteiger partial charge on any atom is -0.384 e. The van der Waals surface area contributed by atoms with Crippen LogP contribution in [0.5, 0.6) is 0 Å². The molecule has 0 saturated carbocycles. The number of aryl methyl sites for hydroxylation is 1. The van der Waals surface area contributed by atoms with Crippen LogP contribution in [0, 0.1) is 0 Å². The van der Waals surface area contributed by atoms with E-state index in [1.807, 2.05) is 6.07 Å². The lowest BCUT2D eigenvalue weighted by Crippen LogP contribution is -2.45. The van der Waals surface area contributed by atoms with E-state index in [4.69, 9.17) is 9.72 Å². The number of aromatic amines is 1.